The fraction of sp³-hybridized carbons (Fsp3) is 0.269. The van der Waals surface area contributed by atoms with Gasteiger partial charge >= 0.3 is 6.03 Å². The number of halogens is 1. The molecule has 7 nitrogen and oxygen atoms in total. The number of aromatic nitrogens is 3. The van der Waals surface area contributed by atoms with Crippen molar-refractivity contribution in [3.05, 3.63) is 84.1 Å². The van der Waals surface area contributed by atoms with Gasteiger partial charge in [0.1, 0.15) is 17.2 Å². The van der Waals surface area contributed by atoms with Crippen LogP contribution in [-0.4, -0.2) is 56.5 Å². The molecule has 5 rings (SSSR count). The van der Waals surface area contributed by atoms with Crippen molar-refractivity contribution in [1.29, 1.82) is 0 Å². The number of piperazine rings is 1. The third kappa shape index (κ3) is 4.49. The Kier molecular flexibility index (Phi) is 6.22. The number of urea groups is 1. The summed E-state index contributed by atoms with van der Waals surface area (Å²) >= 11 is 0. The normalized spacial score (nSPS) is 14.5. The maximum absolute atomic E-state index is 13.5. The lowest BCUT2D eigenvalue weighted by molar-refractivity contribution is 0.140. The first-order valence-electron chi connectivity index (χ1n) is 11.6. The number of benzene rings is 2. The predicted octanol–water partition coefficient (Wildman–Crippen LogP) is 4.47. The molecule has 2 amide bonds. The van der Waals surface area contributed by atoms with E-state index in [0.717, 1.165) is 53.4 Å². The molecule has 0 spiro atoms. The Morgan fingerprint density at radius 2 is 1.76 bits per heavy atom. The van der Waals surface area contributed by atoms with E-state index in [4.69, 9.17) is 4.98 Å². The van der Waals surface area contributed by atoms with Crippen molar-refractivity contribution in [2.75, 3.05) is 31.5 Å². The number of rotatable bonds is 5. The predicted molar refractivity (Wildman–Crippen MR) is 131 cm³/mol. The van der Waals surface area contributed by atoms with Crippen molar-refractivity contribution in [2.45, 2.75) is 19.9 Å². The summed E-state index contributed by atoms with van der Waals surface area (Å²) in [5.74, 6) is 0.564. The van der Waals surface area contributed by atoms with E-state index in [1.54, 1.807) is 18.3 Å². The molecule has 4 aromatic rings. The van der Waals surface area contributed by atoms with Gasteiger partial charge in [0.05, 0.1) is 6.54 Å². The molecule has 0 aliphatic carbocycles. The smallest absolute Gasteiger partial charge is 0.321 e. The molecule has 0 saturated carbocycles. The van der Waals surface area contributed by atoms with Crippen molar-refractivity contribution in [1.82, 2.24) is 24.3 Å². The third-order valence-corrected chi connectivity index (χ3v) is 6.23. The zero-order valence-corrected chi connectivity index (χ0v) is 19.1. The molecule has 174 valence electrons. The van der Waals surface area contributed by atoms with Crippen LogP contribution in [0.4, 0.5) is 14.9 Å². The third-order valence-electron chi connectivity index (χ3n) is 6.23. The number of anilines is 1. The molecule has 0 bridgehead atoms. The highest BCUT2D eigenvalue weighted by Crippen LogP contribution is 2.22. The summed E-state index contributed by atoms with van der Waals surface area (Å²) in [4.78, 5) is 26.3. The second-order valence-electron chi connectivity index (χ2n) is 8.39. The first kappa shape index (κ1) is 22.0. The summed E-state index contributed by atoms with van der Waals surface area (Å²) < 4.78 is 15.5. The fourth-order valence-electron chi connectivity index (χ4n) is 4.38. The molecule has 1 aliphatic rings. The van der Waals surface area contributed by atoms with Crippen LogP contribution in [0.1, 0.15) is 18.3 Å². The number of fused-ring (bicyclic) bond motifs is 1. The Hall–Kier alpha value is -3.78. The quantitative estimate of drug-likeness (QED) is 0.479. The number of pyridine rings is 1. The molecule has 0 atom stereocenters. The van der Waals surface area contributed by atoms with Gasteiger partial charge in [-0.3, -0.25) is 9.47 Å². The van der Waals surface area contributed by atoms with Gasteiger partial charge in [-0.25, -0.2) is 19.2 Å². The number of aryl methyl sites for hydroxylation is 1. The van der Waals surface area contributed by atoms with Crippen LogP contribution < -0.4 is 5.32 Å². The molecule has 1 N–H and O–H groups in total. The van der Waals surface area contributed by atoms with Crippen LogP contribution >= 0.6 is 0 Å². The van der Waals surface area contributed by atoms with Crippen molar-refractivity contribution in [3.63, 3.8) is 0 Å². The minimum Gasteiger partial charge on any atom is -0.322 e. The zero-order valence-electron chi connectivity index (χ0n) is 19.1. The molecular weight excluding hydrogens is 431 g/mol. The lowest BCUT2D eigenvalue weighted by atomic mass is 10.1. The molecule has 1 saturated heterocycles. The van der Waals surface area contributed by atoms with Crippen LogP contribution in [0.15, 0.2) is 66.9 Å². The van der Waals surface area contributed by atoms with Crippen LogP contribution in [-0.2, 0) is 13.0 Å². The lowest BCUT2D eigenvalue weighted by Gasteiger charge is -2.34. The number of hydrogen-bond donors (Lipinski definition) is 1. The van der Waals surface area contributed by atoms with Gasteiger partial charge in [0.2, 0.25) is 0 Å². The van der Waals surface area contributed by atoms with Crippen LogP contribution in [0.5, 0.6) is 0 Å². The molecule has 3 heterocycles. The van der Waals surface area contributed by atoms with E-state index in [0.29, 0.717) is 19.6 Å². The van der Waals surface area contributed by atoms with Gasteiger partial charge in [0.25, 0.3) is 0 Å². The average Bonchev–Trinajstić information content (AvgIpc) is 3.23. The lowest BCUT2D eigenvalue weighted by Crippen LogP contribution is -2.49. The van der Waals surface area contributed by atoms with Gasteiger partial charge in [0.15, 0.2) is 5.65 Å². The summed E-state index contributed by atoms with van der Waals surface area (Å²) in [6.45, 7) is 5.44. The maximum atomic E-state index is 13.5. The summed E-state index contributed by atoms with van der Waals surface area (Å²) in [6.07, 6.45) is 2.61. The van der Waals surface area contributed by atoms with Crippen molar-refractivity contribution < 1.29 is 9.18 Å². The highest BCUT2D eigenvalue weighted by atomic mass is 19.1. The average molecular weight is 459 g/mol. The second kappa shape index (κ2) is 9.61. The number of nitrogens with zero attached hydrogens (tertiary/aromatic N) is 5. The Morgan fingerprint density at radius 1 is 1.00 bits per heavy atom. The molecule has 2 aromatic carbocycles. The molecule has 8 heteroatoms. The molecule has 0 unspecified atom stereocenters. The largest absolute Gasteiger partial charge is 0.322 e. The van der Waals surface area contributed by atoms with Crippen molar-refractivity contribution in [3.8, 4) is 5.69 Å². The van der Waals surface area contributed by atoms with Gasteiger partial charge in [-0.2, -0.15) is 0 Å². The van der Waals surface area contributed by atoms with Crippen molar-refractivity contribution in [2.24, 2.45) is 0 Å². The van der Waals surface area contributed by atoms with Gasteiger partial charge in [-0.05, 0) is 54.4 Å². The van der Waals surface area contributed by atoms with E-state index in [2.05, 4.69) is 22.1 Å². The summed E-state index contributed by atoms with van der Waals surface area (Å²) in [5, 5.41) is 3.06. The second-order valence-corrected chi connectivity index (χ2v) is 8.39. The van der Waals surface area contributed by atoms with Gasteiger partial charge in [-0.15, -0.1) is 0 Å². The number of hydrogen-bond acceptors (Lipinski definition) is 4. The van der Waals surface area contributed by atoms with Crippen LogP contribution in [0.2, 0.25) is 0 Å². The van der Waals surface area contributed by atoms with Crippen LogP contribution in [0, 0.1) is 5.82 Å². The first-order chi connectivity index (χ1) is 16.6. The van der Waals surface area contributed by atoms with E-state index >= 15 is 0 Å². The number of imidazole rings is 1. The van der Waals surface area contributed by atoms with Gasteiger partial charge in [-0.1, -0.05) is 25.1 Å². The minimum atomic E-state index is -0.279. The van der Waals surface area contributed by atoms with E-state index in [-0.39, 0.29) is 11.8 Å². The van der Waals surface area contributed by atoms with Crippen LogP contribution in [0.25, 0.3) is 16.9 Å². The monoisotopic (exact) mass is 458 g/mol. The SMILES string of the molecule is CCc1ccccc1NC(=O)N1CCN(Cc2nc3cccnc3n2-c2ccc(F)cc2)CC1. The Morgan fingerprint density at radius 3 is 2.53 bits per heavy atom. The Labute approximate surface area is 197 Å². The van der Waals surface area contributed by atoms with E-state index in [9.17, 15) is 9.18 Å². The first-order valence-corrected chi connectivity index (χ1v) is 11.6. The van der Waals surface area contributed by atoms with Gasteiger partial charge < -0.3 is 10.2 Å². The summed E-state index contributed by atoms with van der Waals surface area (Å²) in [7, 11) is 0. The minimum absolute atomic E-state index is 0.0664. The number of carbonyl (C=O) groups is 1. The Bertz CT molecular complexity index is 1290. The number of amides is 2. The van der Waals surface area contributed by atoms with Gasteiger partial charge in [0, 0.05) is 43.8 Å². The molecule has 34 heavy (non-hydrogen) atoms. The Balaban J connectivity index is 1.29. The van der Waals surface area contributed by atoms with E-state index in [1.807, 2.05) is 45.9 Å². The number of carbonyl (C=O) groups excluding carboxylic acids is 1. The summed E-state index contributed by atoms with van der Waals surface area (Å²) in [6, 6.07) is 18.0. The molecule has 2 aromatic heterocycles. The number of nitrogens with one attached hydrogen (secondary N) is 1. The highest BCUT2D eigenvalue weighted by molar-refractivity contribution is 5.90. The van der Waals surface area contributed by atoms with Crippen LogP contribution in [0.3, 0.4) is 0 Å². The molecule has 1 aliphatic heterocycles. The number of para-hydroxylation sites is 1. The molecule has 1 fully saturated rings. The van der Waals surface area contributed by atoms with E-state index in [1.165, 1.54) is 12.1 Å². The van der Waals surface area contributed by atoms with E-state index < -0.39 is 0 Å². The molecular formula is C26H27FN6O. The zero-order chi connectivity index (χ0) is 23.5. The molecule has 0 radical (unpaired) electrons. The maximum Gasteiger partial charge on any atom is 0.321 e. The topological polar surface area (TPSA) is 66.3 Å². The van der Waals surface area contributed by atoms with Crippen molar-refractivity contribution >= 4 is 22.9 Å². The summed E-state index contributed by atoms with van der Waals surface area (Å²) in [5.41, 5.74) is 4.37. The standard InChI is InChI=1S/C26H27FN6O/c1-2-19-6-3-4-7-22(19)30-26(34)32-16-14-31(15-17-32)18-24-29-23-8-5-13-28-25(23)33(24)21-11-9-20(27)10-12-21/h3-13H,2,14-18H2,1H3,(H,30,34). The highest BCUT2D eigenvalue weighted by Gasteiger charge is 2.24. The fourth-order valence-corrected chi connectivity index (χ4v) is 4.38.